The topological polar surface area (TPSA) is 51.4 Å². The summed E-state index contributed by atoms with van der Waals surface area (Å²) >= 11 is 0. The number of anilines is 1. The first-order chi connectivity index (χ1) is 9.81. The van der Waals surface area contributed by atoms with Crippen molar-refractivity contribution in [3.05, 3.63) is 48.3 Å². The molecule has 1 aromatic heterocycles. The van der Waals surface area contributed by atoms with Gasteiger partial charge in [0.25, 0.3) is 0 Å². The van der Waals surface area contributed by atoms with Gasteiger partial charge in [-0.05, 0) is 29.3 Å². The molecule has 1 aliphatic heterocycles. The van der Waals surface area contributed by atoms with Crippen molar-refractivity contribution in [2.24, 2.45) is 0 Å². The zero-order chi connectivity index (χ0) is 13.8. The van der Waals surface area contributed by atoms with Crippen molar-refractivity contribution in [1.82, 2.24) is 9.88 Å². The summed E-state index contributed by atoms with van der Waals surface area (Å²) in [6.07, 6.45) is 3.84. The Morgan fingerprint density at radius 2 is 1.80 bits per heavy atom. The first-order valence-electron chi connectivity index (χ1n) is 6.91. The largest absolute Gasteiger partial charge is 0.399 e. The average molecular weight is 269 g/mol. The number of aromatic nitrogens is 1. The molecule has 2 heterocycles. The first kappa shape index (κ1) is 13.1. The summed E-state index contributed by atoms with van der Waals surface area (Å²) in [4.78, 5) is 6.76. The van der Waals surface area contributed by atoms with E-state index < -0.39 is 0 Å². The summed E-state index contributed by atoms with van der Waals surface area (Å²) in [5.41, 5.74) is 10.0. The van der Waals surface area contributed by atoms with Crippen molar-refractivity contribution in [1.29, 1.82) is 0 Å². The predicted octanol–water partition coefficient (Wildman–Crippen LogP) is 2.16. The fourth-order valence-corrected chi connectivity index (χ4v) is 2.42. The highest BCUT2D eigenvalue weighted by molar-refractivity contribution is 5.65. The average Bonchev–Trinajstić information content (AvgIpc) is 2.49. The molecule has 3 rings (SSSR count). The van der Waals surface area contributed by atoms with Crippen LogP contribution in [0.2, 0.25) is 0 Å². The van der Waals surface area contributed by atoms with Crippen molar-refractivity contribution < 1.29 is 4.74 Å². The van der Waals surface area contributed by atoms with Crippen LogP contribution >= 0.6 is 0 Å². The van der Waals surface area contributed by atoms with Gasteiger partial charge in [0.1, 0.15) is 0 Å². The Morgan fingerprint density at radius 3 is 2.55 bits per heavy atom. The number of rotatable bonds is 3. The van der Waals surface area contributed by atoms with Crippen LogP contribution in [0, 0.1) is 0 Å². The fraction of sp³-hybridized carbons (Fsp3) is 0.312. The lowest BCUT2D eigenvalue weighted by molar-refractivity contribution is 0.0341. The molecule has 0 saturated carbocycles. The Labute approximate surface area is 119 Å². The number of pyridine rings is 1. The molecule has 2 N–H and O–H groups in total. The van der Waals surface area contributed by atoms with Crippen molar-refractivity contribution in [2.45, 2.75) is 6.54 Å². The molecule has 0 bridgehead atoms. The van der Waals surface area contributed by atoms with Crippen molar-refractivity contribution >= 4 is 5.69 Å². The van der Waals surface area contributed by atoms with Crippen LogP contribution in [-0.2, 0) is 11.3 Å². The van der Waals surface area contributed by atoms with E-state index in [1.807, 2.05) is 36.7 Å². The Balaban J connectivity index is 1.76. The van der Waals surface area contributed by atoms with Crippen LogP contribution in [0.25, 0.3) is 11.1 Å². The maximum absolute atomic E-state index is 5.72. The molecule has 0 spiro atoms. The minimum Gasteiger partial charge on any atom is -0.399 e. The predicted molar refractivity (Wildman–Crippen MR) is 80.2 cm³/mol. The highest BCUT2D eigenvalue weighted by atomic mass is 16.5. The number of hydrogen-bond donors (Lipinski definition) is 1. The smallest absolute Gasteiger partial charge is 0.0594 e. The molecule has 1 fully saturated rings. The summed E-state index contributed by atoms with van der Waals surface area (Å²) in [6.45, 7) is 4.56. The van der Waals surface area contributed by atoms with Crippen LogP contribution < -0.4 is 5.73 Å². The van der Waals surface area contributed by atoms with E-state index in [0.717, 1.165) is 49.7 Å². The van der Waals surface area contributed by atoms with E-state index in [1.54, 1.807) is 0 Å². The van der Waals surface area contributed by atoms with Crippen molar-refractivity contribution in [2.75, 3.05) is 32.0 Å². The van der Waals surface area contributed by atoms with E-state index in [4.69, 9.17) is 10.5 Å². The summed E-state index contributed by atoms with van der Waals surface area (Å²) in [7, 11) is 0. The van der Waals surface area contributed by atoms with E-state index >= 15 is 0 Å². The number of hydrogen-bond acceptors (Lipinski definition) is 4. The quantitative estimate of drug-likeness (QED) is 0.868. The number of ether oxygens (including phenoxy) is 1. The van der Waals surface area contributed by atoms with Gasteiger partial charge in [-0.1, -0.05) is 12.1 Å². The molecular formula is C16H19N3O. The zero-order valence-corrected chi connectivity index (χ0v) is 11.5. The minimum atomic E-state index is 0.784. The number of nitrogens with two attached hydrogens (primary N) is 1. The molecule has 1 saturated heterocycles. The number of morpholine rings is 1. The summed E-state index contributed by atoms with van der Waals surface area (Å²) in [6, 6.07) is 10.1. The van der Waals surface area contributed by atoms with Crippen molar-refractivity contribution in [3.8, 4) is 11.1 Å². The van der Waals surface area contributed by atoms with Crippen molar-refractivity contribution in [3.63, 3.8) is 0 Å². The highest BCUT2D eigenvalue weighted by Crippen LogP contribution is 2.21. The van der Waals surface area contributed by atoms with Crippen LogP contribution in [0.15, 0.2) is 42.7 Å². The normalized spacial score (nSPS) is 16.2. The van der Waals surface area contributed by atoms with Gasteiger partial charge >= 0.3 is 0 Å². The van der Waals surface area contributed by atoms with Crippen LogP contribution in [0.3, 0.4) is 0 Å². The number of nitrogen functional groups attached to an aromatic ring is 1. The Morgan fingerprint density at radius 1 is 1.05 bits per heavy atom. The summed E-state index contributed by atoms with van der Waals surface area (Å²) in [5, 5.41) is 0. The molecule has 20 heavy (non-hydrogen) atoms. The molecular weight excluding hydrogens is 250 g/mol. The van der Waals surface area contributed by atoms with E-state index in [0.29, 0.717) is 0 Å². The van der Waals surface area contributed by atoms with Gasteiger partial charge in [-0.15, -0.1) is 0 Å². The zero-order valence-electron chi connectivity index (χ0n) is 11.5. The van der Waals surface area contributed by atoms with E-state index in [9.17, 15) is 0 Å². The lowest BCUT2D eigenvalue weighted by Gasteiger charge is -2.26. The molecule has 0 amide bonds. The van der Waals surface area contributed by atoms with Gasteiger partial charge in [0.05, 0.1) is 13.2 Å². The minimum absolute atomic E-state index is 0.784. The van der Waals surface area contributed by atoms with Gasteiger partial charge < -0.3 is 10.5 Å². The summed E-state index contributed by atoms with van der Waals surface area (Å²) in [5.74, 6) is 0. The van der Waals surface area contributed by atoms with Crippen LogP contribution in [0.5, 0.6) is 0 Å². The third-order valence-corrected chi connectivity index (χ3v) is 3.55. The van der Waals surface area contributed by atoms with Crippen LogP contribution in [0.1, 0.15) is 5.56 Å². The number of benzene rings is 1. The first-order valence-corrected chi connectivity index (χ1v) is 6.91. The molecule has 4 nitrogen and oxygen atoms in total. The number of nitrogens with zero attached hydrogens (tertiary/aromatic N) is 2. The Bertz CT molecular complexity index is 562. The van der Waals surface area contributed by atoms with Gasteiger partial charge in [0.15, 0.2) is 0 Å². The SMILES string of the molecule is Nc1ccc(-c2cncc(CN3CCOCC3)c2)cc1. The lowest BCUT2D eigenvalue weighted by atomic mass is 10.1. The second-order valence-electron chi connectivity index (χ2n) is 5.09. The van der Waals surface area contributed by atoms with Gasteiger partial charge in [-0.3, -0.25) is 9.88 Å². The Kier molecular flexibility index (Phi) is 3.95. The second-order valence-corrected chi connectivity index (χ2v) is 5.09. The molecule has 0 radical (unpaired) electrons. The van der Waals surface area contributed by atoms with Gasteiger partial charge in [0.2, 0.25) is 0 Å². The van der Waals surface area contributed by atoms with E-state index in [1.165, 1.54) is 5.56 Å². The fourth-order valence-electron chi connectivity index (χ4n) is 2.42. The molecule has 2 aromatic rings. The highest BCUT2D eigenvalue weighted by Gasteiger charge is 2.11. The van der Waals surface area contributed by atoms with E-state index in [2.05, 4.69) is 16.0 Å². The van der Waals surface area contributed by atoms with E-state index in [-0.39, 0.29) is 0 Å². The Hall–Kier alpha value is -1.91. The third-order valence-electron chi connectivity index (χ3n) is 3.55. The second kappa shape index (κ2) is 6.03. The molecule has 0 unspecified atom stereocenters. The maximum Gasteiger partial charge on any atom is 0.0594 e. The molecule has 1 aromatic carbocycles. The van der Waals surface area contributed by atoms with Gasteiger partial charge in [0, 0.05) is 43.3 Å². The molecule has 4 heteroatoms. The van der Waals surface area contributed by atoms with Gasteiger partial charge in [-0.2, -0.15) is 0 Å². The standard InChI is InChI=1S/C16H19N3O/c17-16-3-1-14(2-4-16)15-9-13(10-18-11-15)12-19-5-7-20-8-6-19/h1-4,9-11H,5-8,12,17H2. The van der Waals surface area contributed by atoms with Crippen LogP contribution in [0.4, 0.5) is 5.69 Å². The molecule has 0 atom stereocenters. The summed E-state index contributed by atoms with van der Waals surface area (Å²) < 4.78 is 5.37. The van der Waals surface area contributed by atoms with Gasteiger partial charge in [-0.25, -0.2) is 0 Å². The molecule has 104 valence electrons. The maximum atomic E-state index is 5.72. The lowest BCUT2D eigenvalue weighted by Crippen LogP contribution is -2.35. The van der Waals surface area contributed by atoms with Crippen LogP contribution in [-0.4, -0.2) is 36.2 Å². The molecule has 1 aliphatic rings. The monoisotopic (exact) mass is 269 g/mol. The third kappa shape index (κ3) is 3.15. The molecule has 0 aliphatic carbocycles.